The lowest BCUT2D eigenvalue weighted by Crippen LogP contribution is -2.39. The minimum absolute atomic E-state index is 0.241. The summed E-state index contributed by atoms with van der Waals surface area (Å²) in [4.78, 5) is 30.3. The second-order valence-electron chi connectivity index (χ2n) is 7.71. The lowest BCUT2D eigenvalue weighted by Gasteiger charge is -2.33. The fourth-order valence-electron chi connectivity index (χ4n) is 4.08. The van der Waals surface area contributed by atoms with Crippen molar-refractivity contribution in [1.29, 1.82) is 0 Å². The number of anilines is 1. The number of carbonyl (C=O) groups is 2. The third kappa shape index (κ3) is 3.33. The quantitative estimate of drug-likeness (QED) is 0.710. The van der Waals surface area contributed by atoms with Crippen LogP contribution in [0.3, 0.4) is 0 Å². The van der Waals surface area contributed by atoms with Crippen molar-refractivity contribution in [3.8, 4) is 0 Å². The minimum Gasteiger partial charge on any atom is -0.366 e. The van der Waals surface area contributed by atoms with Gasteiger partial charge in [-0.05, 0) is 61.1 Å². The molecule has 0 N–H and O–H groups in total. The molecule has 144 valence electrons. The summed E-state index contributed by atoms with van der Waals surface area (Å²) in [5, 5.41) is 0.602. The van der Waals surface area contributed by atoms with E-state index in [-0.39, 0.29) is 11.8 Å². The summed E-state index contributed by atoms with van der Waals surface area (Å²) in [7, 11) is 0. The largest absolute Gasteiger partial charge is 0.366 e. The number of nitrogens with zero attached hydrogens (tertiary/aromatic N) is 2. The molecule has 2 aromatic carbocycles. The lowest BCUT2D eigenvalue weighted by molar-refractivity contribution is -0.120. The Morgan fingerprint density at radius 2 is 1.79 bits per heavy atom. The minimum atomic E-state index is -0.272. The van der Waals surface area contributed by atoms with Gasteiger partial charge in [-0.25, -0.2) is 4.90 Å². The summed E-state index contributed by atoms with van der Waals surface area (Å²) >= 11 is 6.04. The molecule has 0 aromatic heterocycles. The first kappa shape index (κ1) is 18.8. The third-order valence-electron chi connectivity index (χ3n) is 5.43. The van der Waals surface area contributed by atoms with E-state index in [0.717, 1.165) is 37.1 Å². The molecular formula is C23H23ClN2O2. The van der Waals surface area contributed by atoms with Crippen LogP contribution in [0.2, 0.25) is 5.02 Å². The topological polar surface area (TPSA) is 40.6 Å². The van der Waals surface area contributed by atoms with Gasteiger partial charge in [0.05, 0.1) is 11.3 Å². The standard InChI is InChI=1S/C23H23ClN2O2/c1-15-5-3-7-19(13-15)26-22(27)20(17-8-10-18(24)11-9-17)21(23(26)28)25-12-4-6-16(2)14-25/h3,5,7-11,13,16H,4,6,12,14H2,1-2H3. The zero-order chi connectivity index (χ0) is 19.8. The first-order chi connectivity index (χ1) is 13.5. The van der Waals surface area contributed by atoms with Crippen LogP contribution in [0.4, 0.5) is 5.69 Å². The Labute approximate surface area is 170 Å². The van der Waals surface area contributed by atoms with Gasteiger partial charge in [-0.3, -0.25) is 9.59 Å². The molecule has 2 aromatic rings. The van der Waals surface area contributed by atoms with Crippen LogP contribution < -0.4 is 4.90 Å². The van der Waals surface area contributed by atoms with E-state index in [2.05, 4.69) is 11.8 Å². The molecule has 5 heteroatoms. The van der Waals surface area contributed by atoms with Gasteiger partial charge in [-0.15, -0.1) is 0 Å². The van der Waals surface area contributed by atoms with Crippen LogP contribution in [-0.2, 0) is 9.59 Å². The second-order valence-corrected chi connectivity index (χ2v) is 8.15. The maximum absolute atomic E-state index is 13.5. The molecule has 0 bridgehead atoms. The van der Waals surface area contributed by atoms with Gasteiger partial charge in [0.25, 0.3) is 11.8 Å². The number of hydrogen-bond acceptors (Lipinski definition) is 3. The average Bonchev–Trinajstić information content (AvgIpc) is 2.93. The predicted molar refractivity (Wildman–Crippen MR) is 112 cm³/mol. The van der Waals surface area contributed by atoms with Gasteiger partial charge >= 0.3 is 0 Å². The van der Waals surface area contributed by atoms with Gasteiger partial charge in [-0.2, -0.15) is 0 Å². The van der Waals surface area contributed by atoms with E-state index in [0.29, 0.717) is 27.9 Å². The molecular weight excluding hydrogens is 372 g/mol. The molecule has 2 amide bonds. The number of piperidine rings is 1. The van der Waals surface area contributed by atoms with E-state index in [9.17, 15) is 9.59 Å². The highest BCUT2D eigenvalue weighted by Gasteiger charge is 2.43. The molecule has 2 aliphatic rings. The molecule has 1 atom stereocenters. The fourth-order valence-corrected chi connectivity index (χ4v) is 4.21. The molecule has 1 fully saturated rings. The summed E-state index contributed by atoms with van der Waals surface area (Å²) in [6.07, 6.45) is 2.16. The molecule has 4 rings (SSSR count). The normalized spacial score (nSPS) is 20.3. The van der Waals surface area contributed by atoms with Crippen LogP contribution in [0.15, 0.2) is 54.2 Å². The Morgan fingerprint density at radius 3 is 2.46 bits per heavy atom. The molecule has 28 heavy (non-hydrogen) atoms. The molecule has 0 saturated carbocycles. The van der Waals surface area contributed by atoms with Gasteiger partial charge in [-0.1, -0.05) is 42.8 Å². The van der Waals surface area contributed by atoms with Gasteiger partial charge in [0.15, 0.2) is 0 Å². The van der Waals surface area contributed by atoms with Gasteiger partial charge in [0.2, 0.25) is 0 Å². The highest BCUT2D eigenvalue weighted by atomic mass is 35.5. The summed E-state index contributed by atoms with van der Waals surface area (Å²) in [5.41, 5.74) is 3.33. The predicted octanol–water partition coefficient (Wildman–Crippen LogP) is 4.66. The maximum Gasteiger partial charge on any atom is 0.282 e. The highest BCUT2D eigenvalue weighted by molar-refractivity contribution is 6.45. The molecule has 0 spiro atoms. The molecule has 0 aliphatic carbocycles. The van der Waals surface area contributed by atoms with Crippen molar-refractivity contribution in [2.45, 2.75) is 26.7 Å². The average molecular weight is 395 g/mol. The number of rotatable bonds is 3. The Morgan fingerprint density at radius 1 is 1.04 bits per heavy atom. The Bertz CT molecular complexity index is 965. The number of amides is 2. The number of hydrogen-bond donors (Lipinski definition) is 0. The van der Waals surface area contributed by atoms with Crippen molar-refractivity contribution in [3.63, 3.8) is 0 Å². The van der Waals surface area contributed by atoms with E-state index in [1.807, 2.05) is 43.3 Å². The molecule has 2 aliphatic heterocycles. The van der Waals surface area contributed by atoms with E-state index < -0.39 is 0 Å². The lowest BCUT2D eigenvalue weighted by atomic mass is 9.98. The number of aryl methyl sites for hydroxylation is 1. The van der Waals surface area contributed by atoms with Gasteiger partial charge in [0, 0.05) is 18.1 Å². The Kier molecular flexibility index (Phi) is 4.98. The van der Waals surface area contributed by atoms with Gasteiger partial charge in [0.1, 0.15) is 5.70 Å². The van der Waals surface area contributed by atoms with Crippen LogP contribution in [0.1, 0.15) is 30.9 Å². The SMILES string of the molecule is Cc1cccc(N2C(=O)C(c3ccc(Cl)cc3)=C(N3CCCC(C)C3)C2=O)c1. The summed E-state index contributed by atoms with van der Waals surface area (Å²) in [6.45, 7) is 5.72. The van der Waals surface area contributed by atoms with Gasteiger partial charge < -0.3 is 4.90 Å². The number of carbonyl (C=O) groups excluding carboxylic acids is 2. The number of benzene rings is 2. The van der Waals surface area contributed by atoms with Crippen molar-refractivity contribution in [1.82, 2.24) is 4.90 Å². The second kappa shape index (κ2) is 7.44. The van der Waals surface area contributed by atoms with Crippen molar-refractivity contribution in [3.05, 3.63) is 70.4 Å². The highest BCUT2D eigenvalue weighted by Crippen LogP contribution is 2.36. The van der Waals surface area contributed by atoms with Crippen LogP contribution in [0.25, 0.3) is 5.57 Å². The van der Waals surface area contributed by atoms with E-state index in [1.165, 1.54) is 4.90 Å². The van der Waals surface area contributed by atoms with E-state index in [1.54, 1.807) is 12.1 Å². The zero-order valence-corrected chi connectivity index (χ0v) is 16.9. The number of likely N-dealkylation sites (tertiary alicyclic amines) is 1. The van der Waals surface area contributed by atoms with Crippen molar-refractivity contribution in [2.24, 2.45) is 5.92 Å². The van der Waals surface area contributed by atoms with E-state index >= 15 is 0 Å². The molecule has 0 radical (unpaired) electrons. The molecule has 2 heterocycles. The van der Waals surface area contributed by atoms with Crippen LogP contribution >= 0.6 is 11.6 Å². The molecule has 1 saturated heterocycles. The summed E-state index contributed by atoms with van der Waals surface area (Å²) < 4.78 is 0. The smallest absolute Gasteiger partial charge is 0.282 e. The summed E-state index contributed by atoms with van der Waals surface area (Å²) in [6, 6.07) is 14.7. The van der Waals surface area contributed by atoms with Crippen molar-refractivity contribution in [2.75, 3.05) is 18.0 Å². The van der Waals surface area contributed by atoms with Crippen molar-refractivity contribution >= 4 is 34.7 Å². The summed E-state index contributed by atoms with van der Waals surface area (Å²) in [5.74, 6) is -0.0237. The van der Waals surface area contributed by atoms with E-state index in [4.69, 9.17) is 11.6 Å². The van der Waals surface area contributed by atoms with Crippen LogP contribution in [0, 0.1) is 12.8 Å². The first-order valence-corrected chi connectivity index (χ1v) is 10.0. The fraction of sp³-hybridized carbons (Fsp3) is 0.304. The maximum atomic E-state index is 13.5. The Hall–Kier alpha value is -2.59. The zero-order valence-electron chi connectivity index (χ0n) is 16.1. The molecule has 1 unspecified atom stereocenters. The third-order valence-corrected chi connectivity index (χ3v) is 5.68. The van der Waals surface area contributed by atoms with Crippen LogP contribution in [0.5, 0.6) is 0 Å². The first-order valence-electron chi connectivity index (χ1n) is 9.66. The number of halogens is 1. The number of imide groups is 1. The monoisotopic (exact) mass is 394 g/mol. The Balaban J connectivity index is 1.83. The van der Waals surface area contributed by atoms with Crippen LogP contribution in [-0.4, -0.2) is 29.8 Å². The molecule has 4 nitrogen and oxygen atoms in total. The van der Waals surface area contributed by atoms with Crippen molar-refractivity contribution < 1.29 is 9.59 Å².